The summed E-state index contributed by atoms with van der Waals surface area (Å²) in [5.74, 6) is -3.30. The summed E-state index contributed by atoms with van der Waals surface area (Å²) in [6, 6.07) is 3.34. The van der Waals surface area contributed by atoms with Crippen molar-refractivity contribution in [1.29, 1.82) is 0 Å². The molecule has 5 rings (SSSR count). The zero-order valence-corrected chi connectivity index (χ0v) is 23.4. The van der Waals surface area contributed by atoms with Crippen LogP contribution in [0.3, 0.4) is 0 Å². The van der Waals surface area contributed by atoms with Gasteiger partial charge in [-0.1, -0.05) is 45.4 Å². The molecule has 3 fully saturated rings. The number of carboxylic acid groups (broad SMARTS) is 2. The highest BCUT2D eigenvalue weighted by atomic mass is 16.5. The van der Waals surface area contributed by atoms with Crippen molar-refractivity contribution in [2.45, 2.75) is 51.9 Å². The van der Waals surface area contributed by atoms with Crippen molar-refractivity contribution in [3.63, 3.8) is 0 Å². The van der Waals surface area contributed by atoms with Crippen molar-refractivity contribution in [2.75, 3.05) is 45.9 Å². The Balaban J connectivity index is 0.000000198. The summed E-state index contributed by atoms with van der Waals surface area (Å²) in [5.41, 5.74) is 1.21. The molecule has 0 aromatic heterocycles. The number of carboxylic acids is 2. The third-order valence-electron chi connectivity index (χ3n) is 7.19. The number of hydrogen-bond acceptors (Lipinski definition) is 9. The first kappa shape index (κ1) is 29.8. The summed E-state index contributed by atoms with van der Waals surface area (Å²) < 4.78 is 5.10. The minimum absolute atomic E-state index is 0.00546. The number of carbonyl (C=O) groups is 5. The van der Waals surface area contributed by atoms with Crippen molar-refractivity contribution < 1.29 is 38.9 Å². The first-order valence-electron chi connectivity index (χ1n) is 14.3. The van der Waals surface area contributed by atoms with Gasteiger partial charge in [-0.3, -0.25) is 9.59 Å². The maximum atomic E-state index is 12.4. The van der Waals surface area contributed by atoms with Gasteiger partial charge in [0.1, 0.15) is 11.4 Å². The predicted octanol–water partition coefficient (Wildman–Crippen LogP) is 3.17. The van der Waals surface area contributed by atoms with E-state index in [-0.39, 0.29) is 34.9 Å². The van der Waals surface area contributed by atoms with E-state index in [1.807, 2.05) is 14.7 Å². The molecule has 11 heteroatoms. The van der Waals surface area contributed by atoms with Crippen LogP contribution in [0.25, 0.3) is 0 Å². The molecular weight excluding hydrogens is 530 g/mol. The molecule has 4 aliphatic rings. The maximum absolute atomic E-state index is 12.4. The van der Waals surface area contributed by atoms with Gasteiger partial charge in [-0.05, 0) is 24.6 Å². The predicted molar refractivity (Wildman–Crippen MR) is 148 cm³/mol. The molecule has 11 nitrogen and oxygen atoms in total. The Morgan fingerprint density at radius 3 is 1.90 bits per heavy atom. The maximum Gasteiger partial charge on any atom is 0.339 e. The van der Waals surface area contributed by atoms with Crippen molar-refractivity contribution in [2.24, 2.45) is 0 Å². The largest absolute Gasteiger partial charge is 0.478 e. The molecule has 1 aromatic carbocycles. The number of benzene rings is 1. The fraction of sp³-hybridized carbons (Fsp3) is 0.500. The molecule has 3 heterocycles. The number of esters is 1. The third kappa shape index (κ3) is 7.96. The Kier molecular flexibility index (Phi) is 9.80. The van der Waals surface area contributed by atoms with Gasteiger partial charge < -0.3 is 29.6 Å². The number of Topliss-reactive ketones (excluding diaryl/α,β-unsaturated/α-hetero) is 1. The van der Waals surface area contributed by atoms with Gasteiger partial charge in [0.05, 0.1) is 29.0 Å². The number of aromatic carboxylic acids is 2. The van der Waals surface area contributed by atoms with E-state index in [1.165, 1.54) is 43.9 Å². The Morgan fingerprint density at radius 2 is 1.34 bits per heavy atom. The number of ketones is 2. The van der Waals surface area contributed by atoms with Crippen LogP contribution in [0.1, 0.15) is 82.9 Å². The van der Waals surface area contributed by atoms with Crippen LogP contribution in [0.2, 0.25) is 0 Å². The van der Waals surface area contributed by atoms with Crippen LogP contribution in [-0.2, 0) is 14.3 Å². The summed E-state index contributed by atoms with van der Waals surface area (Å²) in [5, 5.41) is 18.0. The molecule has 0 radical (unpaired) electrons. The Labute approximate surface area is 239 Å². The van der Waals surface area contributed by atoms with E-state index in [9.17, 15) is 24.0 Å². The lowest BCUT2D eigenvalue weighted by Gasteiger charge is -2.21. The molecule has 0 spiro atoms. The van der Waals surface area contributed by atoms with E-state index in [2.05, 4.69) is 6.92 Å². The molecule has 0 atom stereocenters. The molecule has 0 saturated carbocycles. The fourth-order valence-corrected chi connectivity index (χ4v) is 4.61. The van der Waals surface area contributed by atoms with Crippen molar-refractivity contribution in [3.8, 4) is 0 Å². The van der Waals surface area contributed by atoms with E-state index in [4.69, 9.17) is 14.9 Å². The number of ether oxygens (including phenoxy) is 1. The first-order valence-corrected chi connectivity index (χ1v) is 14.3. The molecule has 1 aromatic rings. The molecule has 1 aliphatic carbocycles. The fourth-order valence-electron chi connectivity index (χ4n) is 4.61. The van der Waals surface area contributed by atoms with E-state index < -0.39 is 17.9 Å². The summed E-state index contributed by atoms with van der Waals surface area (Å²) in [6.45, 7) is 7.80. The second kappa shape index (κ2) is 13.5. The summed E-state index contributed by atoms with van der Waals surface area (Å²) in [4.78, 5) is 64.5. The van der Waals surface area contributed by atoms with Crippen LogP contribution >= 0.6 is 0 Å². The van der Waals surface area contributed by atoms with Crippen LogP contribution < -0.4 is 0 Å². The molecule has 0 bridgehead atoms. The second-order valence-corrected chi connectivity index (χ2v) is 10.5. The first-order chi connectivity index (χ1) is 19.7. The van der Waals surface area contributed by atoms with Gasteiger partial charge in [-0.15, -0.1) is 0 Å². The van der Waals surface area contributed by atoms with Crippen LogP contribution in [-0.4, -0.2) is 100 Å². The average molecular weight is 568 g/mol. The number of allylic oxidation sites excluding steroid dienone is 1. The Bertz CT molecular complexity index is 1270. The van der Waals surface area contributed by atoms with Crippen LogP contribution in [0.15, 0.2) is 41.4 Å². The lowest BCUT2D eigenvalue weighted by Crippen LogP contribution is -2.29. The normalized spacial score (nSPS) is 17.1. The molecular formula is C30H37N3O8. The van der Waals surface area contributed by atoms with E-state index in [0.717, 1.165) is 64.6 Å². The number of nitrogens with zero attached hydrogens (tertiary/aromatic N) is 3. The summed E-state index contributed by atoms with van der Waals surface area (Å²) in [6.07, 6.45) is 9.12. The lowest BCUT2D eigenvalue weighted by molar-refractivity contribution is -0.117. The molecule has 2 N–H and O–H groups in total. The van der Waals surface area contributed by atoms with E-state index in [1.54, 1.807) is 0 Å². The zero-order chi connectivity index (χ0) is 29.5. The molecule has 3 saturated heterocycles. The highest BCUT2D eigenvalue weighted by molar-refractivity contribution is 6.22. The summed E-state index contributed by atoms with van der Waals surface area (Å²) in [7, 11) is 0. The summed E-state index contributed by atoms with van der Waals surface area (Å²) >= 11 is 0. The minimum atomic E-state index is -1.36. The zero-order valence-electron chi connectivity index (χ0n) is 23.4. The van der Waals surface area contributed by atoms with E-state index >= 15 is 0 Å². The van der Waals surface area contributed by atoms with Gasteiger partial charge >= 0.3 is 17.9 Å². The second-order valence-electron chi connectivity index (χ2n) is 10.5. The van der Waals surface area contributed by atoms with Gasteiger partial charge in [-0.2, -0.15) is 0 Å². The number of unbranched alkanes of at least 4 members (excludes halogenated alkanes) is 6. The quantitative estimate of drug-likeness (QED) is 0.148. The molecule has 220 valence electrons. The molecule has 0 amide bonds. The van der Waals surface area contributed by atoms with Gasteiger partial charge in [0.2, 0.25) is 11.6 Å². The minimum Gasteiger partial charge on any atom is -0.478 e. The Hall–Kier alpha value is -4.15. The lowest BCUT2D eigenvalue weighted by atomic mass is 10.0. The Morgan fingerprint density at radius 1 is 0.756 bits per heavy atom. The number of rotatable bonds is 14. The van der Waals surface area contributed by atoms with Crippen molar-refractivity contribution >= 4 is 29.5 Å². The van der Waals surface area contributed by atoms with Crippen LogP contribution in [0.5, 0.6) is 0 Å². The highest BCUT2D eigenvalue weighted by Crippen LogP contribution is 2.34. The highest BCUT2D eigenvalue weighted by Gasteiger charge is 2.43. The van der Waals surface area contributed by atoms with Crippen LogP contribution in [0.4, 0.5) is 0 Å². The number of carbonyl (C=O) groups excluding carboxylic acids is 3. The SMILES string of the molecule is CCCCCCCCCOC(=O)c1ccc(C(=O)O)cc1C(=O)O.O=C1C=C(N2CC2)C(=O)C(N2CC2)=C1N1CC1. The average Bonchev–Trinajstić information content (AvgIpc) is 3.79. The standard InChI is InChI=1S/C18H24O6.C12H13N3O2/c1-2-3-4-5-6-7-8-11-24-18(23)14-10-9-13(16(19)20)12-15(14)17(21)22;16-9-7-8(13-1-2-13)12(17)11(15-5-6-15)10(9)14-3-4-14/h9-10,12H,2-8,11H2,1H3,(H,19,20)(H,21,22);7H,1-6H2. The van der Waals surface area contributed by atoms with Gasteiger partial charge in [0.25, 0.3) is 0 Å². The van der Waals surface area contributed by atoms with Crippen LogP contribution in [0, 0.1) is 0 Å². The van der Waals surface area contributed by atoms with E-state index in [0.29, 0.717) is 17.1 Å². The van der Waals surface area contributed by atoms with Crippen molar-refractivity contribution in [1.82, 2.24) is 14.7 Å². The number of hydrogen-bond donors (Lipinski definition) is 2. The van der Waals surface area contributed by atoms with Gasteiger partial charge in [-0.25, -0.2) is 14.4 Å². The van der Waals surface area contributed by atoms with Gasteiger partial charge in [0, 0.05) is 45.3 Å². The smallest absolute Gasteiger partial charge is 0.339 e. The van der Waals surface area contributed by atoms with Crippen molar-refractivity contribution in [3.05, 3.63) is 58.1 Å². The molecule has 41 heavy (non-hydrogen) atoms. The molecule has 0 unspecified atom stereocenters. The van der Waals surface area contributed by atoms with Gasteiger partial charge in [0.15, 0.2) is 0 Å². The molecule has 3 aliphatic heterocycles. The monoisotopic (exact) mass is 567 g/mol. The third-order valence-corrected chi connectivity index (χ3v) is 7.19. The topological polar surface area (TPSA) is 144 Å².